The Labute approximate surface area is 127 Å². The molecule has 1 saturated heterocycles. The van der Waals surface area contributed by atoms with E-state index < -0.39 is 5.41 Å². The van der Waals surface area contributed by atoms with Gasteiger partial charge in [0.05, 0.1) is 5.41 Å². The van der Waals surface area contributed by atoms with Gasteiger partial charge in [0.25, 0.3) is 5.78 Å². The van der Waals surface area contributed by atoms with Crippen LogP contribution >= 0.6 is 11.6 Å². The number of nitrogens with zero attached hydrogens (tertiary/aromatic N) is 5. The first kappa shape index (κ1) is 14.1. The Morgan fingerprint density at radius 3 is 3.00 bits per heavy atom. The molecule has 1 amide bonds. The van der Waals surface area contributed by atoms with E-state index in [1.807, 2.05) is 13.8 Å². The number of fused-ring (bicyclic) bond motifs is 1. The molecule has 112 valence electrons. The van der Waals surface area contributed by atoms with E-state index in [1.165, 1.54) is 6.33 Å². The second-order valence-electron chi connectivity index (χ2n) is 5.63. The Hall–Kier alpha value is -1.89. The van der Waals surface area contributed by atoms with Crippen LogP contribution in [0.1, 0.15) is 18.9 Å². The summed E-state index contributed by atoms with van der Waals surface area (Å²) in [6, 6.07) is 0. The number of aromatic nitrogens is 4. The van der Waals surface area contributed by atoms with E-state index in [1.54, 1.807) is 11.6 Å². The van der Waals surface area contributed by atoms with Gasteiger partial charge in [0.1, 0.15) is 17.3 Å². The number of carbonyl (C=O) groups excluding carboxylic acids is 1. The first-order chi connectivity index (χ1) is 9.96. The van der Waals surface area contributed by atoms with E-state index in [0.717, 1.165) is 24.3 Å². The minimum absolute atomic E-state index is 0.0534. The maximum atomic E-state index is 12.1. The van der Waals surface area contributed by atoms with Crippen molar-refractivity contribution in [1.82, 2.24) is 24.9 Å². The molecule has 1 N–H and O–H groups in total. The number of rotatable bonds is 2. The van der Waals surface area contributed by atoms with Gasteiger partial charge in [-0.1, -0.05) is 11.6 Å². The number of hydrogen-bond acceptors (Lipinski definition) is 5. The number of anilines is 1. The summed E-state index contributed by atoms with van der Waals surface area (Å²) in [7, 11) is 1.67. The molecule has 1 unspecified atom stereocenters. The molecule has 3 heterocycles. The fraction of sp³-hybridized carbons (Fsp3) is 0.538. The molecule has 0 aromatic carbocycles. The zero-order valence-electron chi connectivity index (χ0n) is 12.2. The van der Waals surface area contributed by atoms with Crippen molar-refractivity contribution in [2.45, 2.75) is 20.3 Å². The van der Waals surface area contributed by atoms with Crippen molar-refractivity contribution >= 4 is 29.1 Å². The van der Waals surface area contributed by atoms with Gasteiger partial charge in [0, 0.05) is 25.7 Å². The molecule has 2 aromatic rings. The van der Waals surface area contributed by atoms with E-state index in [4.69, 9.17) is 11.6 Å². The van der Waals surface area contributed by atoms with E-state index in [2.05, 4.69) is 25.3 Å². The van der Waals surface area contributed by atoms with Gasteiger partial charge in [0.15, 0.2) is 0 Å². The highest BCUT2D eigenvalue weighted by molar-refractivity contribution is 6.30. The quantitative estimate of drug-likeness (QED) is 0.839. The van der Waals surface area contributed by atoms with Gasteiger partial charge in [-0.3, -0.25) is 4.79 Å². The van der Waals surface area contributed by atoms with Crippen LogP contribution in [-0.2, 0) is 4.79 Å². The fourth-order valence-electron chi connectivity index (χ4n) is 2.88. The Morgan fingerprint density at radius 1 is 1.52 bits per heavy atom. The van der Waals surface area contributed by atoms with Crippen molar-refractivity contribution in [3.8, 4) is 0 Å². The maximum Gasteiger partial charge on any atom is 0.255 e. The van der Waals surface area contributed by atoms with Crippen LogP contribution in [0.2, 0.25) is 5.15 Å². The zero-order valence-corrected chi connectivity index (χ0v) is 13.0. The molecule has 1 aliphatic heterocycles. The molecule has 3 rings (SSSR count). The topological polar surface area (TPSA) is 75.4 Å². The number of amides is 1. The third-order valence-electron chi connectivity index (χ3n) is 4.12. The summed E-state index contributed by atoms with van der Waals surface area (Å²) < 4.78 is 1.68. The van der Waals surface area contributed by atoms with Crippen molar-refractivity contribution in [3.63, 3.8) is 0 Å². The summed E-state index contributed by atoms with van der Waals surface area (Å²) in [5, 5.41) is 7.37. The van der Waals surface area contributed by atoms with Gasteiger partial charge in [-0.25, -0.2) is 0 Å². The number of carbonyl (C=O) groups is 1. The molecule has 1 aliphatic rings. The average molecular weight is 309 g/mol. The van der Waals surface area contributed by atoms with Gasteiger partial charge in [-0.05, 0) is 20.3 Å². The molecule has 0 spiro atoms. The first-order valence-electron chi connectivity index (χ1n) is 6.79. The van der Waals surface area contributed by atoms with Crippen molar-refractivity contribution in [2.75, 3.05) is 25.0 Å². The molecular formula is C13H17ClN6O. The third kappa shape index (κ3) is 2.12. The van der Waals surface area contributed by atoms with Gasteiger partial charge in [0.2, 0.25) is 5.91 Å². The van der Waals surface area contributed by atoms with Crippen LogP contribution in [0.3, 0.4) is 0 Å². The van der Waals surface area contributed by atoms with Crippen LogP contribution in [0, 0.1) is 12.3 Å². The molecular weight excluding hydrogens is 292 g/mol. The Balaban J connectivity index is 2.04. The fourth-order valence-corrected chi connectivity index (χ4v) is 3.04. The first-order valence-corrected chi connectivity index (χ1v) is 7.17. The molecule has 0 bridgehead atoms. The van der Waals surface area contributed by atoms with Crippen molar-refractivity contribution < 1.29 is 4.79 Å². The second kappa shape index (κ2) is 4.84. The summed E-state index contributed by atoms with van der Waals surface area (Å²) in [4.78, 5) is 22.5. The van der Waals surface area contributed by atoms with Crippen molar-refractivity contribution in [3.05, 3.63) is 17.0 Å². The van der Waals surface area contributed by atoms with Gasteiger partial charge in [-0.15, -0.1) is 0 Å². The Morgan fingerprint density at radius 2 is 2.29 bits per heavy atom. The summed E-state index contributed by atoms with van der Waals surface area (Å²) in [6.07, 6.45) is 2.23. The summed E-state index contributed by atoms with van der Waals surface area (Å²) >= 11 is 6.19. The van der Waals surface area contributed by atoms with Crippen LogP contribution in [0.5, 0.6) is 0 Å². The standard InChI is InChI=1S/C13H17ClN6O/c1-8-9(14)18-12-16-7-17-20(12)10(8)19-5-4-13(2,6-19)11(21)15-3/h7H,4-6H2,1-3H3,(H,15,21). The molecule has 21 heavy (non-hydrogen) atoms. The smallest absolute Gasteiger partial charge is 0.255 e. The van der Waals surface area contributed by atoms with Crippen LogP contribution < -0.4 is 10.2 Å². The number of hydrogen-bond donors (Lipinski definition) is 1. The molecule has 1 atom stereocenters. The van der Waals surface area contributed by atoms with Crippen molar-refractivity contribution in [1.29, 1.82) is 0 Å². The summed E-state index contributed by atoms with van der Waals surface area (Å²) in [6.45, 7) is 5.26. The van der Waals surface area contributed by atoms with E-state index in [-0.39, 0.29) is 5.91 Å². The van der Waals surface area contributed by atoms with Crippen LogP contribution in [-0.4, -0.2) is 45.6 Å². The minimum atomic E-state index is -0.413. The lowest BCUT2D eigenvalue weighted by molar-refractivity contribution is -0.128. The normalized spacial score (nSPS) is 22.0. The number of halogens is 1. The lowest BCUT2D eigenvalue weighted by atomic mass is 9.89. The zero-order chi connectivity index (χ0) is 15.2. The van der Waals surface area contributed by atoms with Crippen molar-refractivity contribution in [2.24, 2.45) is 5.41 Å². The Kier molecular flexibility index (Phi) is 3.24. The number of nitrogens with one attached hydrogen (secondary N) is 1. The molecule has 0 aliphatic carbocycles. The van der Waals surface area contributed by atoms with E-state index >= 15 is 0 Å². The predicted octanol–water partition coefficient (Wildman–Crippen LogP) is 1.05. The minimum Gasteiger partial charge on any atom is -0.359 e. The molecule has 7 nitrogen and oxygen atoms in total. The third-order valence-corrected chi connectivity index (χ3v) is 4.49. The predicted molar refractivity (Wildman–Crippen MR) is 79.5 cm³/mol. The monoisotopic (exact) mass is 308 g/mol. The van der Waals surface area contributed by atoms with Gasteiger partial charge >= 0.3 is 0 Å². The molecule has 1 fully saturated rings. The molecule has 2 aromatic heterocycles. The van der Waals surface area contributed by atoms with Gasteiger partial charge < -0.3 is 10.2 Å². The van der Waals surface area contributed by atoms with E-state index in [0.29, 0.717) is 17.5 Å². The lowest BCUT2D eigenvalue weighted by Gasteiger charge is -2.25. The second-order valence-corrected chi connectivity index (χ2v) is 5.99. The average Bonchev–Trinajstić information content (AvgIpc) is 3.07. The maximum absolute atomic E-state index is 12.1. The van der Waals surface area contributed by atoms with Crippen LogP contribution in [0.15, 0.2) is 6.33 Å². The molecule has 0 saturated carbocycles. The molecule has 8 heteroatoms. The highest BCUT2D eigenvalue weighted by Gasteiger charge is 2.41. The highest BCUT2D eigenvalue weighted by atomic mass is 35.5. The highest BCUT2D eigenvalue weighted by Crippen LogP contribution is 2.35. The van der Waals surface area contributed by atoms with E-state index in [9.17, 15) is 4.79 Å². The summed E-state index contributed by atoms with van der Waals surface area (Å²) in [5.74, 6) is 1.38. The van der Waals surface area contributed by atoms with Gasteiger partial charge in [-0.2, -0.15) is 19.6 Å². The molecule has 0 radical (unpaired) electrons. The SMILES string of the molecule is CNC(=O)C1(C)CCN(c2c(C)c(Cl)nc3ncnn23)C1. The summed E-state index contributed by atoms with van der Waals surface area (Å²) in [5.41, 5.74) is 0.430. The van der Waals surface area contributed by atoms with Crippen LogP contribution in [0.4, 0.5) is 5.82 Å². The largest absolute Gasteiger partial charge is 0.359 e. The lowest BCUT2D eigenvalue weighted by Crippen LogP contribution is -2.39. The van der Waals surface area contributed by atoms with Crippen LogP contribution in [0.25, 0.3) is 5.78 Å². The Bertz CT molecular complexity index is 714.